The first-order valence-corrected chi connectivity index (χ1v) is 9.56. The highest BCUT2D eigenvalue weighted by Gasteiger charge is 2.37. The molecule has 4 rings (SSSR count). The fourth-order valence-corrected chi connectivity index (χ4v) is 3.33. The minimum absolute atomic E-state index is 0.0824. The third kappa shape index (κ3) is 3.93. The average molecular weight is 414 g/mol. The van der Waals surface area contributed by atoms with Crippen LogP contribution in [0.3, 0.4) is 0 Å². The van der Waals surface area contributed by atoms with Gasteiger partial charge in [-0.05, 0) is 48.9 Å². The van der Waals surface area contributed by atoms with Crippen LogP contribution < -0.4 is 10.2 Å². The van der Waals surface area contributed by atoms with Gasteiger partial charge in [-0.25, -0.2) is 9.69 Å². The summed E-state index contributed by atoms with van der Waals surface area (Å²) in [4.78, 5) is 51.1. The van der Waals surface area contributed by atoms with Crippen LogP contribution in [0.15, 0.2) is 72.8 Å². The maximum atomic E-state index is 12.9. The molecule has 1 aliphatic rings. The first kappa shape index (κ1) is 20.0. The molecule has 0 bridgehead atoms. The van der Waals surface area contributed by atoms with E-state index in [9.17, 15) is 19.2 Å². The SMILES string of the molecule is Cc1ccccc1N1C(=O)c2ccc(C(=O)OCC(=O)Nc3ccccc3)cc2C1=O. The van der Waals surface area contributed by atoms with Gasteiger partial charge in [0.2, 0.25) is 0 Å². The van der Waals surface area contributed by atoms with Crippen LogP contribution in [-0.4, -0.2) is 30.3 Å². The number of aryl methyl sites for hydroxylation is 1. The molecule has 3 aromatic carbocycles. The molecular formula is C24H18N2O5. The first-order valence-electron chi connectivity index (χ1n) is 9.56. The molecular weight excluding hydrogens is 396 g/mol. The summed E-state index contributed by atoms with van der Waals surface area (Å²) >= 11 is 0. The number of imide groups is 1. The number of esters is 1. The average Bonchev–Trinajstić information content (AvgIpc) is 3.03. The lowest BCUT2D eigenvalue weighted by Crippen LogP contribution is -2.29. The van der Waals surface area contributed by atoms with Gasteiger partial charge in [-0.1, -0.05) is 36.4 Å². The largest absolute Gasteiger partial charge is 0.452 e. The van der Waals surface area contributed by atoms with E-state index in [2.05, 4.69) is 5.32 Å². The molecule has 1 aliphatic heterocycles. The summed E-state index contributed by atoms with van der Waals surface area (Å²) in [7, 11) is 0. The lowest BCUT2D eigenvalue weighted by atomic mass is 10.1. The molecule has 0 spiro atoms. The molecule has 0 saturated carbocycles. The number of ether oxygens (including phenoxy) is 1. The molecule has 31 heavy (non-hydrogen) atoms. The van der Waals surface area contributed by atoms with Gasteiger partial charge >= 0.3 is 5.97 Å². The summed E-state index contributed by atoms with van der Waals surface area (Å²) in [5, 5.41) is 2.61. The van der Waals surface area contributed by atoms with E-state index in [4.69, 9.17) is 4.74 Å². The second-order valence-electron chi connectivity index (χ2n) is 6.98. The Morgan fingerprint density at radius 3 is 2.29 bits per heavy atom. The lowest BCUT2D eigenvalue weighted by molar-refractivity contribution is -0.119. The zero-order valence-corrected chi connectivity index (χ0v) is 16.6. The molecule has 3 amide bonds. The normalized spacial score (nSPS) is 12.5. The highest BCUT2D eigenvalue weighted by atomic mass is 16.5. The second kappa shape index (κ2) is 8.23. The molecule has 0 unspecified atom stereocenters. The van der Waals surface area contributed by atoms with Crippen molar-refractivity contribution in [2.45, 2.75) is 6.92 Å². The number of rotatable bonds is 5. The Labute approximate surface area is 178 Å². The van der Waals surface area contributed by atoms with Crippen LogP contribution in [0, 0.1) is 6.92 Å². The van der Waals surface area contributed by atoms with Crippen LogP contribution in [0.25, 0.3) is 0 Å². The molecule has 0 aliphatic carbocycles. The van der Waals surface area contributed by atoms with Gasteiger partial charge < -0.3 is 10.1 Å². The number of nitrogens with one attached hydrogen (secondary N) is 1. The van der Waals surface area contributed by atoms with Crippen molar-refractivity contribution in [2.24, 2.45) is 0 Å². The summed E-state index contributed by atoms with van der Waals surface area (Å²) in [6.45, 7) is 1.33. The van der Waals surface area contributed by atoms with Crippen molar-refractivity contribution in [2.75, 3.05) is 16.8 Å². The number of fused-ring (bicyclic) bond motifs is 1. The summed E-state index contributed by atoms with van der Waals surface area (Å²) in [6, 6.07) is 20.0. The minimum Gasteiger partial charge on any atom is -0.452 e. The van der Waals surface area contributed by atoms with E-state index >= 15 is 0 Å². The molecule has 0 aromatic heterocycles. The molecule has 3 aromatic rings. The Hall–Kier alpha value is -4.26. The Kier molecular flexibility index (Phi) is 5.32. The van der Waals surface area contributed by atoms with Crippen LogP contribution in [0.5, 0.6) is 0 Å². The second-order valence-corrected chi connectivity index (χ2v) is 6.98. The predicted molar refractivity (Wildman–Crippen MR) is 114 cm³/mol. The van der Waals surface area contributed by atoms with Crippen LogP contribution >= 0.6 is 0 Å². The van der Waals surface area contributed by atoms with Gasteiger partial charge in [-0.2, -0.15) is 0 Å². The molecule has 0 fully saturated rings. The van der Waals surface area contributed by atoms with Crippen molar-refractivity contribution in [3.8, 4) is 0 Å². The van der Waals surface area contributed by atoms with Crippen LogP contribution in [0.1, 0.15) is 36.6 Å². The van der Waals surface area contributed by atoms with Gasteiger partial charge in [0.1, 0.15) is 0 Å². The van der Waals surface area contributed by atoms with Gasteiger partial charge in [-0.15, -0.1) is 0 Å². The van der Waals surface area contributed by atoms with E-state index in [1.807, 2.05) is 25.1 Å². The molecule has 7 heteroatoms. The molecule has 0 radical (unpaired) electrons. The van der Waals surface area contributed by atoms with Crippen LogP contribution in [-0.2, 0) is 9.53 Å². The maximum Gasteiger partial charge on any atom is 0.338 e. The molecule has 1 heterocycles. The number of amides is 3. The van der Waals surface area contributed by atoms with Crippen molar-refractivity contribution in [3.05, 3.63) is 95.1 Å². The first-order chi connectivity index (χ1) is 15.0. The Balaban J connectivity index is 1.47. The van der Waals surface area contributed by atoms with E-state index in [0.717, 1.165) is 10.5 Å². The van der Waals surface area contributed by atoms with Crippen LogP contribution in [0.2, 0.25) is 0 Å². The summed E-state index contributed by atoms with van der Waals surface area (Å²) in [6.07, 6.45) is 0. The zero-order chi connectivity index (χ0) is 22.0. The van der Waals surface area contributed by atoms with Gasteiger partial charge in [0.25, 0.3) is 17.7 Å². The van der Waals surface area contributed by atoms with E-state index in [-0.39, 0.29) is 16.7 Å². The summed E-state index contributed by atoms with van der Waals surface area (Å²) in [5.74, 6) is -2.21. The number of nitrogens with zero attached hydrogens (tertiary/aromatic N) is 1. The van der Waals surface area contributed by atoms with Gasteiger partial charge in [-0.3, -0.25) is 14.4 Å². The van der Waals surface area contributed by atoms with E-state index < -0.39 is 30.3 Å². The Morgan fingerprint density at radius 2 is 1.55 bits per heavy atom. The smallest absolute Gasteiger partial charge is 0.338 e. The maximum absolute atomic E-state index is 12.9. The number of carbonyl (C=O) groups excluding carboxylic acids is 4. The Morgan fingerprint density at radius 1 is 0.871 bits per heavy atom. The van der Waals surface area contributed by atoms with Gasteiger partial charge in [0, 0.05) is 5.69 Å². The van der Waals surface area contributed by atoms with Gasteiger partial charge in [0.15, 0.2) is 6.61 Å². The van der Waals surface area contributed by atoms with E-state index in [1.54, 1.807) is 36.4 Å². The number of hydrogen-bond acceptors (Lipinski definition) is 5. The van der Waals surface area contributed by atoms with E-state index in [0.29, 0.717) is 11.4 Å². The monoisotopic (exact) mass is 414 g/mol. The third-order valence-corrected chi connectivity index (χ3v) is 4.87. The minimum atomic E-state index is -0.763. The predicted octanol–water partition coefficient (Wildman–Crippen LogP) is 3.59. The van der Waals surface area contributed by atoms with Crippen molar-refractivity contribution >= 4 is 35.1 Å². The third-order valence-electron chi connectivity index (χ3n) is 4.87. The molecule has 0 saturated heterocycles. The van der Waals surface area contributed by atoms with Crippen LogP contribution in [0.4, 0.5) is 11.4 Å². The summed E-state index contributed by atoms with van der Waals surface area (Å²) in [5.41, 5.74) is 2.28. The fourth-order valence-electron chi connectivity index (χ4n) is 3.33. The molecule has 7 nitrogen and oxygen atoms in total. The Bertz CT molecular complexity index is 1200. The van der Waals surface area contributed by atoms with Gasteiger partial charge in [0.05, 0.1) is 22.4 Å². The number of hydrogen-bond donors (Lipinski definition) is 1. The fraction of sp³-hybridized carbons (Fsp3) is 0.0833. The quantitative estimate of drug-likeness (QED) is 0.509. The number of anilines is 2. The summed E-state index contributed by atoms with van der Waals surface area (Å²) < 4.78 is 5.05. The highest BCUT2D eigenvalue weighted by molar-refractivity contribution is 6.34. The highest BCUT2D eigenvalue weighted by Crippen LogP contribution is 2.31. The molecule has 154 valence electrons. The topological polar surface area (TPSA) is 92.8 Å². The standard InChI is InChI=1S/C24H18N2O5/c1-15-7-5-6-10-20(15)26-22(28)18-12-11-16(13-19(18)23(26)29)24(30)31-14-21(27)25-17-8-3-2-4-9-17/h2-13H,14H2,1H3,(H,25,27). The lowest BCUT2D eigenvalue weighted by Gasteiger charge is -2.16. The van der Waals surface area contributed by atoms with Crippen molar-refractivity contribution in [3.63, 3.8) is 0 Å². The van der Waals surface area contributed by atoms with Crippen molar-refractivity contribution < 1.29 is 23.9 Å². The number of carbonyl (C=O) groups is 4. The van der Waals surface area contributed by atoms with Crippen molar-refractivity contribution in [1.29, 1.82) is 0 Å². The van der Waals surface area contributed by atoms with E-state index in [1.165, 1.54) is 18.2 Å². The number of para-hydroxylation sites is 2. The number of benzene rings is 3. The zero-order valence-electron chi connectivity index (χ0n) is 16.6. The molecule has 0 atom stereocenters. The molecule has 1 N–H and O–H groups in total. The van der Waals surface area contributed by atoms with Crippen molar-refractivity contribution in [1.82, 2.24) is 0 Å².